The average molecular weight is 379 g/mol. The van der Waals surface area contributed by atoms with Crippen molar-refractivity contribution in [1.29, 1.82) is 0 Å². The van der Waals surface area contributed by atoms with Gasteiger partial charge in [0.15, 0.2) is 5.13 Å². The maximum absolute atomic E-state index is 4.82. The zero-order chi connectivity index (χ0) is 18.4. The number of aromatic nitrogens is 4. The van der Waals surface area contributed by atoms with Crippen LogP contribution >= 0.6 is 11.3 Å². The van der Waals surface area contributed by atoms with Crippen molar-refractivity contribution in [2.45, 2.75) is 18.9 Å². The van der Waals surface area contributed by atoms with Gasteiger partial charge in [0.2, 0.25) is 0 Å². The van der Waals surface area contributed by atoms with Gasteiger partial charge < -0.3 is 10.2 Å². The molecule has 0 amide bonds. The summed E-state index contributed by atoms with van der Waals surface area (Å²) in [6.45, 7) is 2.17. The maximum Gasteiger partial charge on any atom is 0.186 e. The van der Waals surface area contributed by atoms with E-state index in [0.29, 0.717) is 6.04 Å². The first-order valence-corrected chi connectivity index (χ1v) is 10.1. The van der Waals surface area contributed by atoms with E-state index in [1.165, 1.54) is 17.5 Å². The Morgan fingerprint density at radius 1 is 1.19 bits per heavy atom. The van der Waals surface area contributed by atoms with E-state index in [-0.39, 0.29) is 0 Å². The number of nitrogens with zero attached hydrogens (tertiary/aromatic N) is 5. The lowest BCUT2D eigenvalue weighted by molar-refractivity contribution is 0.443. The molecule has 4 aromatic rings. The minimum absolute atomic E-state index is 0.562. The van der Waals surface area contributed by atoms with E-state index >= 15 is 0 Å². The van der Waals surface area contributed by atoms with Gasteiger partial charge in [-0.05, 0) is 44.1 Å². The van der Waals surface area contributed by atoms with E-state index in [1.54, 1.807) is 11.3 Å². The number of rotatable bonds is 3. The van der Waals surface area contributed by atoms with Crippen molar-refractivity contribution in [3.05, 3.63) is 36.7 Å². The molecule has 0 saturated carbocycles. The number of nitrogens with one attached hydrogen (secondary N) is 1. The fourth-order valence-electron chi connectivity index (χ4n) is 3.79. The largest absolute Gasteiger partial charge is 0.348 e. The molecule has 0 atom stereocenters. The molecule has 6 nitrogen and oxygen atoms in total. The first kappa shape index (κ1) is 16.6. The van der Waals surface area contributed by atoms with E-state index in [0.717, 1.165) is 45.9 Å². The van der Waals surface area contributed by atoms with Gasteiger partial charge in [0.05, 0.1) is 22.1 Å². The average Bonchev–Trinajstić information content (AvgIpc) is 3.29. The summed E-state index contributed by atoms with van der Waals surface area (Å²) in [5, 5.41) is 10.1. The number of benzene rings is 1. The van der Waals surface area contributed by atoms with E-state index in [9.17, 15) is 0 Å². The van der Waals surface area contributed by atoms with Crippen molar-refractivity contribution in [1.82, 2.24) is 25.1 Å². The fourth-order valence-corrected chi connectivity index (χ4v) is 4.79. The van der Waals surface area contributed by atoms with Crippen LogP contribution in [0.5, 0.6) is 0 Å². The van der Waals surface area contributed by atoms with Crippen LogP contribution in [0.3, 0.4) is 0 Å². The lowest BCUT2D eigenvalue weighted by Crippen LogP contribution is -2.41. The molecule has 1 aliphatic rings. The molecule has 4 heterocycles. The van der Waals surface area contributed by atoms with Crippen molar-refractivity contribution in [2.75, 3.05) is 25.0 Å². The first-order chi connectivity index (χ1) is 13.2. The molecule has 1 fully saturated rings. The second kappa shape index (κ2) is 6.58. The zero-order valence-corrected chi connectivity index (χ0v) is 16.3. The summed E-state index contributed by atoms with van der Waals surface area (Å²) in [5.41, 5.74) is 4.07. The Kier molecular flexibility index (Phi) is 4.06. The van der Waals surface area contributed by atoms with Crippen LogP contribution in [0.2, 0.25) is 0 Å². The Bertz CT molecular complexity index is 1110. The SMILES string of the molecule is CN(c1nc2cnc(-c3ccc4nn(C)cc4c3)cc2s1)C1CCNCC1. The summed E-state index contributed by atoms with van der Waals surface area (Å²) in [6, 6.07) is 9.02. The normalized spacial score (nSPS) is 15.6. The molecule has 0 spiro atoms. The van der Waals surface area contributed by atoms with Gasteiger partial charge in [-0.2, -0.15) is 5.10 Å². The van der Waals surface area contributed by atoms with Crippen molar-refractivity contribution < 1.29 is 0 Å². The van der Waals surface area contributed by atoms with E-state index in [1.807, 2.05) is 24.1 Å². The number of pyridine rings is 1. The van der Waals surface area contributed by atoms with E-state index in [2.05, 4.69) is 51.6 Å². The highest BCUT2D eigenvalue weighted by molar-refractivity contribution is 7.22. The van der Waals surface area contributed by atoms with Gasteiger partial charge in [-0.1, -0.05) is 17.4 Å². The lowest BCUT2D eigenvalue weighted by atomic mass is 10.1. The topological polar surface area (TPSA) is 58.9 Å². The Morgan fingerprint density at radius 3 is 2.89 bits per heavy atom. The molecule has 0 unspecified atom stereocenters. The third-order valence-electron chi connectivity index (χ3n) is 5.34. The molecule has 3 aromatic heterocycles. The quantitative estimate of drug-likeness (QED) is 0.592. The number of anilines is 1. The molecular weight excluding hydrogens is 356 g/mol. The fraction of sp³-hybridized carbons (Fsp3) is 0.350. The second-order valence-corrected chi connectivity index (χ2v) is 8.21. The number of piperidine rings is 1. The Morgan fingerprint density at radius 2 is 2.04 bits per heavy atom. The Labute approximate surface area is 161 Å². The van der Waals surface area contributed by atoms with Crippen molar-refractivity contribution >= 4 is 37.6 Å². The van der Waals surface area contributed by atoms with E-state index in [4.69, 9.17) is 4.98 Å². The predicted molar refractivity (Wildman–Crippen MR) is 111 cm³/mol. The Balaban J connectivity index is 1.49. The lowest BCUT2D eigenvalue weighted by Gasteiger charge is -2.31. The van der Waals surface area contributed by atoms with Gasteiger partial charge in [0.25, 0.3) is 0 Å². The van der Waals surface area contributed by atoms with Crippen LogP contribution in [0.1, 0.15) is 12.8 Å². The monoisotopic (exact) mass is 378 g/mol. The van der Waals surface area contributed by atoms with Gasteiger partial charge in [0.1, 0.15) is 5.52 Å². The molecule has 1 aliphatic heterocycles. The smallest absolute Gasteiger partial charge is 0.186 e. The standard InChI is InChI=1S/C20H22N6S/c1-25-12-14-9-13(3-4-16(14)24-25)17-10-19-18(11-22-17)23-20(27-19)26(2)15-5-7-21-8-6-15/h3-4,9-12,15,21H,5-8H2,1-2H3. The third-order valence-corrected chi connectivity index (χ3v) is 6.45. The molecule has 138 valence electrons. The number of hydrogen-bond donors (Lipinski definition) is 1. The van der Waals surface area contributed by atoms with Gasteiger partial charge in [-0.25, -0.2) is 4.98 Å². The number of hydrogen-bond acceptors (Lipinski definition) is 6. The summed E-state index contributed by atoms with van der Waals surface area (Å²) >= 11 is 1.75. The molecule has 7 heteroatoms. The van der Waals surface area contributed by atoms with Gasteiger partial charge in [-0.3, -0.25) is 9.67 Å². The highest BCUT2D eigenvalue weighted by atomic mass is 32.1. The van der Waals surface area contributed by atoms with Crippen LogP contribution in [0.25, 0.3) is 32.4 Å². The van der Waals surface area contributed by atoms with Crippen LogP contribution < -0.4 is 10.2 Å². The molecule has 1 aromatic carbocycles. The molecule has 0 radical (unpaired) electrons. The van der Waals surface area contributed by atoms with Crippen molar-refractivity contribution in [3.8, 4) is 11.3 Å². The highest BCUT2D eigenvalue weighted by Gasteiger charge is 2.20. The summed E-state index contributed by atoms with van der Waals surface area (Å²) in [7, 11) is 4.11. The molecule has 27 heavy (non-hydrogen) atoms. The minimum atomic E-state index is 0.562. The molecule has 0 aliphatic carbocycles. The summed E-state index contributed by atoms with van der Waals surface area (Å²) in [6.07, 6.45) is 6.27. The number of fused-ring (bicyclic) bond motifs is 2. The van der Waals surface area contributed by atoms with Crippen LogP contribution in [-0.4, -0.2) is 45.9 Å². The summed E-state index contributed by atoms with van der Waals surface area (Å²) in [5.74, 6) is 0. The Hall–Kier alpha value is -2.51. The first-order valence-electron chi connectivity index (χ1n) is 9.31. The van der Waals surface area contributed by atoms with Gasteiger partial charge in [-0.15, -0.1) is 0 Å². The maximum atomic E-state index is 4.82. The summed E-state index contributed by atoms with van der Waals surface area (Å²) < 4.78 is 3.03. The summed E-state index contributed by atoms with van der Waals surface area (Å²) in [4.78, 5) is 11.8. The van der Waals surface area contributed by atoms with Crippen LogP contribution in [0, 0.1) is 0 Å². The minimum Gasteiger partial charge on any atom is -0.348 e. The van der Waals surface area contributed by atoms with Gasteiger partial charge >= 0.3 is 0 Å². The second-order valence-electron chi connectivity index (χ2n) is 7.20. The molecule has 5 rings (SSSR count). The van der Waals surface area contributed by atoms with Crippen LogP contribution in [-0.2, 0) is 7.05 Å². The highest BCUT2D eigenvalue weighted by Crippen LogP contribution is 2.33. The van der Waals surface area contributed by atoms with Crippen molar-refractivity contribution in [3.63, 3.8) is 0 Å². The number of thiazole rings is 1. The third kappa shape index (κ3) is 3.07. The van der Waals surface area contributed by atoms with Crippen LogP contribution in [0.4, 0.5) is 5.13 Å². The molecule has 1 N–H and O–H groups in total. The molecule has 1 saturated heterocycles. The number of aryl methyl sites for hydroxylation is 1. The zero-order valence-electron chi connectivity index (χ0n) is 15.5. The van der Waals surface area contributed by atoms with Crippen molar-refractivity contribution in [2.24, 2.45) is 7.05 Å². The van der Waals surface area contributed by atoms with Crippen LogP contribution in [0.15, 0.2) is 36.7 Å². The van der Waals surface area contributed by atoms with Gasteiger partial charge in [0, 0.05) is 37.3 Å². The van der Waals surface area contributed by atoms with E-state index < -0.39 is 0 Å². The predicted octanol–water partition coefficient (Wildman–Crippen LogP) is 3.43. The molecule has 0 bridgehead atoms. The molecular formula is C20H22N6S.